The average Bonchev–Trinajstić information content (AvgIpc) is 2.84. The number of nitrogens with zero attached hydrogens (tertiary/aromatic N) is 1. The molecule has 0 saturated carbocycles. The highest BCUT2D eigenvalue weighted by Crippen LogP contribution is 2.31. The van der Waals surface area contributed by atoms with Gasteiger partial charge in [0.2, 0.25) is 15.9 Å². The monoisotopic (exact) mass is 470 g/mol. The van der Waals surface area contributed by atoms with Crippen LogP contribution in [0.3, 0.4) is 0 Å². The van der Waals surface area contributed by atoms with Crippen LogP contribution in [0, 0.1) is 0 Å². The largest absolute Gasteiger partial charge is 0.497 e. The summed E-state index contributed by atoms with van der Waals surface area (Å²) < 4.78 is 44.0. The van der Waals surface area contributed by atoms with E-state index in [-0.39, 0.29) is 17.2 Å². The van der Waals surface area contributed by atoms with E-state index in [1.165, 1.54) is 26.4 Å². The predicted molar refractivity (Wildman–Crippen MR) is 125 cm³/mol. The topological polar surface area (TPSA) is 94.2 Å². The molecule has 0 spiro atoms. The lowest BCUT2D eigenvalue weighted by atomic mass is 10.2. The first kappa shape index (κ1) is 24.1. The molecule has 0 aliphatic rings. The Balaban J connectivity index is 1.92. The maximum Gasteiger partial charge on any atom is 0.247 e. The van der Waals surface area contributed by atoms with Crippen molar-refractivity contribution < 1.29 is 27.4 Å². The number of methoxy groups -OCH3 is 3. The number of rotatable bonds is 10. The van der Waals surface area contributed by atoms with Crippen molar-refractivity contribution in [1.29, 1.82) is 0 Å². The van der Waals surface area contributed by atoms with Gasteiger partial charge in [-0.25, -0.2) is 8.42 Å². The third-order valence-electron chi connectivity index (χ3n) is 4.88. The minimum Gasteiger partial charge on any atom is -0.497 e. The average molecular weight is 471 g/mol. The molecule has 174 valence electrons. The third kappa shape index (κ3) is 6.03. The summed E-state index contributed by atoms with van der Waals surface area (Å²) >= 11 is 0. The van der Waals surface area contributed by atoms with Crippen molar-refractivity contribution in [2.45, 2.75) is 11.4 Å². The minimum atomic E-state index is -4.13. The Bertz CT molecular complexity index is 1180. The SMILES string of the molecule is COc1ccc(NC(=O)CN(Cc2ccccc2)S(=O)(=O)c2cc(OC)ccc2OC)cc1. The Kier molecular flexibility index (Phi) is 7.92. The van der Waals surface area contributed by atoms with Crippen LogP contribution in [-0.4, -0.2) is 46.5 Å². The van der Waals surface area contributed by atoms with Crippen LogP contribution in [-0.2, 0) is 21.4 Å². The van der Waals surface area contributed by atoms with E-state index in [1.807, 2.05) is 18.2 Å². The van der Waals surface area contributed by atoms with Gasteiger partial charge in [-0.15, -0.1) is 0 Å². The number of carbonyl (C=O) groups is 1. The second-order valence-corrected chi connectivity index (χ2v) is 8.96. The molecule has 0 fully saturated rings. The van der Waals surface area contributed by atoms with E-state index < -0.39 is 22.5 Å². The Morgan fingerprint density at radius 2 is 1.48 bits per heavy atom. The van der Waals surface area contributed by atoms with Crippen LogP contribution >= 0.6 is 0 Å². The van der Waals surface area contributed by atoms with Gasteiger partial charge in [-0.1, -0.05) is 30.3 Å². The summed E-state index contributed by atoms with van der Waals surface area (Å²) in [6.45, 7) is -0.400. The van der Waals surface area contributed by atoms with Gasteiger partial charge in [-0.2, -0.15) is 4.31 Å². The Morgan fingerprint density at radius 1 is 0.848 bits per heavy atom. The van der Waals surface area contributed by atoms with Gasteiger partial charge in [0.05, 0.1) is 27.9 Å². The molecule has 1 amide bonds. The normalized spacial score (nSPS) is 11.2. The maximum absolute atomic E-state index is 13.6. The number of hydrogen-bond acceptors (Lipinski definition) is 6. The number of hydrogen-bond donors (Lipinski definition) is 1. The molecular formula is C24H26N2O6S. The van der Waals surface area contributed by atoms with Crippen molar-refractivity contribution >= 4 is 21.6 Å². The molecular weight excluding hydrogens is 444 g/mol. The molecule has 0 aliphatic carbocycles. The maximum atomic E-state index is 13.6. The molecule has 0 bridgehead atoms. The molecule has 0 aliphatic heterocycles. The number of ether oxygens (including phenoxy) is 3. The molecule has 0 radical (unpaired) electrons. The summed E-state index contributed by atoms with van der Waals surface area (Å²) in [6.07, 6.45) is 0. The standard InChI is InChI=1S/C24H26N2O6S/c1-30-20-11-9-19(10-12-20)25-24(27)17-26(16-18-7-5-4-6-8-18)33(28,29)23-15-21(31-2)13-14-22(23)32-3/h4-15H,16-17H2,1-3H3,(H,25,27). The van der Waals surface area contributed by atoms with E-state index in [9.17, 15) is 13.2 Å². The predicted octanol–water partition coefficient (Wildman–Crippen LogP) is 3.54. The van der Waals surface area contributed by atoms with Crippen molar-refractivity contribution in [3.63, 3.8) is 0 Å². The summed E-state index contributed by atoms with van der Waals surface area (Å²) in [7, 11) is 0.258. The number of nitrogens with one attached hydrogen (secondary N) is 1. The highest BCUT2D eigenvalue weighted by Gasteiger charge is 2.30. The van der Waals surface area contributed by atoms with Crippen LogP contribution < -0.4 is 19.5 Å². The molecule has 1 N–H and O–H groups in total. The van der Waals surface area contributed by atoms with Crippen LogP contribution in [0.4, 0.5) is 5.69 Å². The molecule has 3 aromatic carbocycles. The molecule has 0 atom stereocenters. The lowest BCUT2D eigenvalue weighted by Crippen LogP contribution is -2.37. The van der Waals surface area contributed by atoms with Crippen molar-refractivity contribution in [3.05, 3.63) is 78.4 Å². The van der Waals surface area contributed by atoms with Gasteiger partial charge < -0.3 is 19.5 Å². The second-order valence-electron chi connectivity index (χ2n) is 7.05. The van der Waals surface area contributed by atoms with Gasteiger partial charge in [0.15, 0.2) is 0 Å². The van der Waals surface area contributed by atoms with E-state index in [4.69, 9.17) is 14.2 Å². The summed E-state index contributed by atoms with van der Waals surface area (Å²) in [5, 5.41) is 2.73. The van der Waals surface area contributed by atoms with Crippen molar-refractivity contribution in [2.75, 3.05) is 33.2 Å². The van der Waals surface area contributed by atoms with Crippen molar-refractivity contribution in [2.24, 2.45) is 0 Å². The summed E-state index contributed by atoms with van der Waals surface area (Å²) in [4.78, 5) is 12.7. The zero-order chi connectivity index (χ0) is 23.8. The number of benzene rings is 3. The quantitative estimate of drug-likeness (QED) is 0.487. The van der Waals surface area contributed by atoms with E-state index in [1.54, 1.807) is 49.6 Å². The highest BCUT2D eigenvalue weighted by atomic mass is 32.2. The molecule has 0 unspecified atom stereocenters. The van der Waals surface area contributed by atoms with Gasteiger partial charge in [0.1, 0.15) is 22.1 Å². The highest BCUT2D eigenvalue weighted by molar-refractivity contribution is 7.89. The van der Waals surface area contributed by atoms with E-state index in [0.29, 0.717) is 17.2 Å². The van der Waals surface area contributed by atoms with Gasteiger partial charge in [0, 0.05) is 18.3 Å². The van der Waals surface area contributed by atoms with E-state index in [2.05, 4.69) is 5.32 Å². The van der Waals surface area contributed by atoms with Crippen LogP contribution in [0.15, 0.2) is 77.7 Å². The lowest BCUT2D eigenvalue weighted by Gasteiger charge is -2.23. The zero-order valence-corrected chi connectivity index (χ0v) is 19.5. The summed E-state index contributed by atoms with van der Waals surface area (Å²) in [5.41, 5.74) is 1.26. The first-order valence-electron chi connectivity index (χ1n) is 10.1. The van der Waals surface area contributed by atoms with Crippen LogP contribution in [0.1, 0.15) is 5.56 Å². The second kappa shape index (κ2) is 10.8. The van der Waals surface area contributed by atoms with Gasteiger partial charge in [-0.05, 0) is 42.0 Å². The molecule has 0 heterocycles. The Labute approximate surface area is 193 Å². The summed E-state index contributed by atoms with van der Waals surface area (Å²) in [6, 6.07) is 20.3. The number of carbonyl (C=O) groups excluding carboxylic acids is 1. The fourth-order valence-corrected chi connectivity index (χ4v) is 4.73. The van der Waals surface area contributed by atoms with Crippen LogP contribution in [0.5, 0.6) is 17.2 Å². The first-order valence-corrected chi connectivity index (χ1v) is 11.5. The molecule has 3 rings (SSSR count). The number of anilines is 1. The van der Waals surface area contributed by atoms with E-state index in [0.717, 1.165) is 9.87 Å². The number of amides is 1. The molecule has 0 aromatic heterocycles. The smallest absolute Gasteiger partial charge is 0.247 e. The third-order valence-corrected chi connectivity index (χ3v) is 6.70. The molecule has 33 heavy (non-hydrogen) atoms. The van der Waals surface area contributed by atoms with Crippen LogP contribution in [0.25, 0.3) is 0 Å². The van der Waals surface area contributed by atoms with Gasteiger partial charge in [0.25, 0.3) is 0 Å². The Morgan fingerprint density at radius 3 is 2.09 bits per heavy atom. The molecule has 0 saturated heterocycles. The molecule has 8 nitrogen and oxygen atoms in total. The van der Waals surface area contributed by atoms with Gasteiger partial charge in [-0.3, -0.25) is 4.79 Å². The molecule has 3 aromatic rings. The fraction of sp³-hybridized carbons (Fsp3) is 0.208. The number of sulfonamides is 1. The first-order chi connectivity index (χ1) is 15.9. The zero-order valence-electron chi connectivity index (χ0n) is 18.6. The lowest BCUT2D eigenvalue weighted by molar-refractivity contribution is -0.116. The van der Waals surface area contributed by atoms with Crippen molar-refractivity contribution in [1.82, 2.24) is 4.31 Å². The Hall–Kier alpha value is -3.56. The fourth-order valence-electron chi connectivity index (χ4n) is 3.17. The van der Waals surface area contributed by atoms with E-state index >= 15 is 0 Å². The summed E-state index contributed by atoms with van der Waals surface area (Å²) in [5.74, 6) is 0.675. The van der Waals surface area contributed by atoms with Crippen molar-refractivity contribution in [3.8, 4) is 17.2 Å². The van der Waals surface area contributed by atoms with Gasteiger partial charge >= 0.3 is 0 Å². The van der Waals surface area contributed by atoms with Crippen LogP contribution in [0.2, 0.25) is 0 Å². The molecule has 9 heteroatoms. The minimum absolute atomic E-state index is 0.000427.